The van der Waals surface area contributed by atoms with Gasteiger partial charge >= 0.3 is 0 Å². The normalized spacial score (nSPS) is 10.3. The number of aryl methyl sites for hydroxylation is 1. The topological polar surface area (TPSA) is 68.0 Å². The van der Waals surface area contributed by atoms with Gasteiger partial charge in [-0.15, -0.1) is 0 Å². The fourth-order valence-corrected chi connectivity index (χ4v) is 1.84. The van der Waals surface area contributed by atoms with Gasteiger partial charge in [0.15, 0.2) is 0 Å². The largest absolute Gasteiger partial charge is 0.384 e. The Labute approximate surface area is 120 Å². The molecule has 0 atom stereocenters. The highest BCUT2D eigenvalue weighted by atomic mass is 35.5. The second-order valence-corrected chi connectivity index (χ2v) is 4.77. The molecule has 0 unspecified atom stereocenters. The number of carbonyl (C=O) groups excluding carboxylic acids is 1. The number of nitrogens with zero attached hydrogens (tertiary/aromatic N) is 1. The van der Waals surface area contributed by atoms with E-state index in [1.54, 1.807) is 31.2 Å². The number of amides is 1. The summed E-state index contributed by atoms with van der Waals surface area (Å²) >= 11 is 11.7. The lowest BCUT2D eigenvalue weighted by Gasteiger charge is -2.08. The molecule has 2 aromatic rings. The Hall–Kier alpha value is -1.78. The Balaban J connectivity index is 2.23. The highest BCUT2D eigenvalue weighted by molar-refractivity contribution is 6.42. The van der Waals surface area contributed by atoms with Gasteiger partial charge in [-0.3, -0.25) is 4.79 Å². The van der Waals surface area contributed by atoms with Crippen LogP contribution in [0.3, 0.4) is 0 Å². The molecule has 0 aliphatic rings. The summed E-state index contributed by atoms with van der Waals surface area (Å²) in [6.07, 6.45) is 0. The number of halogens is 2. The zero-order chi connectivity index (χ0) is 14.0. The molecule has 2 rings (SSSR count). The molecule has 0 radical (unpaired) electrons. The van der Waals surface area contributed by atoms with Crippen molar-refractivity contribution in [3.05, 3.63) is 51.6 Å². The Morgan fingerprint density at radius 1 is 1.21 bits per heavy atom. The smallest absolute Gasteiger partial charge is 0.255 e. The minimum atomic E-state index is -0.284. The summed E-state index contributed by atoms with van der Waals surface area (Å²) in [5.74, 6) is 0.123. The maximum atomic E-state index is 12.0. The van der Waals surface area contributed by atoms with E-state index >= 15 is 0 Å². The van der Waals surface area contributed by atoms with E-state index < -0.39 is 0 Å². The van der Waals surface area contributed by atoms with Crippen LogP contribution >= 0.6 is 23.2 Å². The van der Waals surface area contributed by atoms with Crippen molar-refractivity contribution >= 4 is 40.6 Å². The molecular weight excluding hydrogens is 285 g/mol. The first-order valence-electron chi connectivity index (χ1n) is 5.47. The van der Waals surface area contributed by atoms with Crippen molar-refractivity contribution in [2.75, 3.05) is 11.1 Å². The van der Waals surface area contributed by atoms with Crippen molar-refractivity contribution in [3.63, 3.8) is 0 Å². The van der Waals surface area contributed by atoms with Gasteiger partial charge in [0, 0.05) is 5.56 Å². The van der Waals surface area contributed by atoms with Gasteiger partial charge in [-0.1, -0.05) is 23.2 Å². The maximum Gasteiger partial charge on any atom is 0.255 e. The van der Waals surface area contributed by atoms with Crippen molar-refractivity contribution in [2.45, 2.75) is 6.92 Å². The number of anilines is 2. The minimum absolute atomic E-state index is 0.284. The second kappa shape index (κ2) is 5.47. The van der Waals surface area contributed by atoms with Gasteiger partial charge in [0.25, 0.3) is 5.91 Å². The van der Waals surface area contributed by atoms with E-state index in [9.17, 15) is 4.79 Å². The molecule has 6 heteroatoms. The van der Waals surface area contributed by atoms with Crippen LogP contribution in [-0.2, 0) is 0 Å². The summed E-state index contributed by atoms with van der Waals surface area (Å²) in [4.78, 5) is 16.1. The van der Waals surface area contributed by atoms with Crippen LogP contribution in [-0.4, -0.2) is 10.9 Å². The van der Waals surface area contributed by atoms with Crippen LogP contribution in [0.4, 0.5) is 11.5 Å². The molecule has 3 N–H and O–H groups in total. The highest BCUT2D eigenvalue weighted by Crippen LogP contribution is 2.23. The summed E-state index contributed by atoms with van der Waals surface area (Å²) in [6, 6.07) is 8.01. The van der Waals surface area contributed by atoms with Crippen LogP contribution < -0.4 is 11.1 Å². The third-order valence-electron chi connectivity index (χ3n) is 2.54. The zero-order valence-corrected chi connectivity index (χ0v) is 11.6. The van der Waals surface area contributed by atoms with Crippen molar-refractivity contribution in [2.24, 2.45) is 0 Å². The fraction of sp³-hybridized carbons (Fsp3) is 0.0769. The van der Waals surface area contributed by atoms with E-state index in [0.717, 1.165) is 0 Å². The Morgan fingerprint density at radius 3 is 2.58 bits per heavy atom. The Bertz CT molecular complexity index is 644. The van der Waals surface area contributed by atoms with Crippen molar-refractivity contribution in [3.8, 4) is 0 Å². The van der Waals surface area contributed by atoms with E-state index in [1.165, 1.54) is 6.07 Å². The quantitative estimate of drug-likeness (QED) is 0.890. The molecule has 0 fully saturated rings. The molecule has 1 amide bonds. The predicted octanol–water partition coefficient (Wildman–Crippen LogP) is 3.53. The maximum absolute atomic E-state index is 12.0. The van der Waals surface area contributed by atoms with Crippen LogP contribution in [0.5, 0.6) is 0 Å². The number of carbonyl (C=O) groups is 1. The van der Waals surface area contributed by atoms with Crippen molar-refractivity contribution in [1.82, 2.24) is 4.98 Å². The number of aromatic nitrogens is 1. The van der Waals surface area contributed by atoms with Gasteiger partial charge in [-0.2, -0.15) is 0 Å². The van der Waals surface area contributed by atoms with Crippen molar-refractivity contribution in [1.29, 1.82) is 0 Å². The van der Waals surface area contributed by atoms with Gasteiger partial charge in [0.2, 0.25) is 0 Å². The van der Waals surface area contributed by atoms with Crippen LogP contribution in [0.2, 0.25) is 10.0 Å². The molecule has 0 spiro atoms. The molecule has 19 heavy (non-hydrogen) atoms. The number of hydrogen-bond donors (Lipinski definition) is 2. The second-order valence-electron chi connectivity index (χ2n) is 3.95. The lowest BCUT2D eigenvalue weighted by molar-refractivity contribution is 0.102. The molecular formula is C13H11Cl2N3O. The third-order valence-corrected chi connectivity index (χ3v) is 3.28. The molecule has 1 aromatic carbocycles. The van der Waals surface area contributed by atoms with Gasteiger partial charge in [0.05, 0.1) is 21.4 Å². The van der Waals surface area contributed by atoms with E-state index in [0.29, 0.717) is 32.8 Å². The van der Waals surface area contributed by atoms with Crippen LogP contribution in [0.1, 0.15) is 16.1 Å². The molecule has 98 valence electrons. The number of nitrogen functional groups attached to an aromatic ring is 1. The summed E-state index contributed by atoms with van der Waals surface area (Å²) in [7, 11) is 0. The Kier molecular flexibility index (Phi) is 3.93. The van der Waals surface area contributed by atoms with Crippen LogP contribution in [0.25, 0.3) is 0 Å². The third kappa shape index (κ3) is 3.16. The lowest BCUT2D eigenvalue weighted by Crippen LogP contribution is -2.13. The highest BCUT2D eigenvalue weighted by Gasteiger charge is 2.10. The molecule has 0 saturated carbocycles. The lowest BCUT2D eigenvalue weighted by atomic mass is 10.2. The SMILES string of the molecule is Cc1nc(N)ccc1NC(=O)c1ccc(Cl)c(Cl)c1. The number of hydrogen-bond acceptors (Lipinski definition) is 3. The van der Waals surface area contributed by atoms with Crippen LogP contribution in [0, 0.1) is 6.92 Å². The van der Waals surface area contributed by atoms with E-state index in [-0.39, 0.29) is 5.91 Å². The number of rotatable bonds is 2. The average Bonchev–Trinajstić information content (AvgIpc) is 2.36. The van der Waals surface area contributed by atoms with Gasteiger partial charge < -0.3 is 11.1 Å². The van der Waals surface area contributed by atoms with Gasteiger partial charge in [-0.05, 0) is 37.3 Å². The molecule has 4 nitrogen and oxygen atoms in total. The first kappa shape index (κ1) is 13.6. The molecule has 0 aliphatic heterocycles. The zero-order valence-electron chi connectivity index (χ0n) is 10.1. The average molecular weight is 296 g/mol. The van der Waals surface area contributed by atoms with Gasteiger partial charge in [-0.25, -0.2) is 4.98 Å². The van der Waals surface area contributed by atoms with E-state index in [4.69, 9.17) is 28.9 Å². The number of nitrogens with one attached hydrogen (secondary N) is 1. The number of nitrogens with two attached hydrogens (primary N) is 1. The monoisotopic (exact) mass is 295 g/mol. The standard InChI is InChI=1S/C13H11Cl2N3O/c1-7-11(4-5-12(16)17-7)18-13(19)8-2-3-9(14)10(15)6-8/h2-6H,1H3,(H2,16,17)(H,18,19). The minimum Gasteiger partial charge on any atom is -0.384 e. The molecule has 1 heterocycles. The van der Waals surface area contributed by atoms with E-state index in [1.807, 2.05) is 0 Å². The fourth-order valence-electron chi connectivity index (χ4n) is 1.54. The first-order chi connectivity index (χ1) is 8.97. The van der Waals surface area contributed by atoms with E-state index in [2.05, 4.69) is 10.3 Å². The number of pyridine rings is 1. The molecule has 0 aliphatic carbocycles. The van der Waals surface area contributed by atoms with Gasteiger partial charge in [0.1, 0.15) is 5.82 Å². The summed E-state index contributed by atoms with van der Waals surface area (Å²) in [5.41, 5.74) is 7.22. The summed E-state index contributed by atoms with van der Waals surface area (Å²) in [5, 5.41) is 3.48. The Morgan fingerprint density at radius 2 is 1.95 bits per heavy atom. The molecule has 0 saturated heterocycles. The predicted molar refractivity (Wildman–Crippen MR) is 77.8 cm³/mol. The van der Waals surface area contributed by atoms with Crippen LogP contribution in [0.15, 0.2) is 30.3 Å². The summed E-state index contributed by atoms with van der Waals surface area (Å²) < 4.78 is 0. The number of benzene rings is 1. The molecule has 1 aromatic heterocycles. The summed E-state index contributed by atoms with van der Waals surface area (Å²) in [6.45, 7) is 1.76. The van der Waals surface area contributed by atoms with Crippen molar-refractivity contribution < 1.29 is 4.79 Å². The first-order valence-corrected chi connectivity index (χ1v) is 6.22. The molecule has 0 bridgehead atoms.